The fraction of sp³-hybridized carbons (Fsp3) is 0.714. The highest BCUT2D eigenvalue weighted by atomic mass is 35.5. The van der Waals surface area contributed by atoms with Gasteiger partial charge in [-0.25, -0.2) is 0 Å². The summed E-state index contributed by atoms with van der Waals surface area (Å²) in [6, 6.07) is -0.743. The molecule has 0 aromatic carbocycles. The van der Waals surface area contributed by atoms with Gasteiger partial charge in [0.25, 0.3) is 0 Å². The van der Waals surface area contributed by atoms with Gasteiger partial charge in [-0.3, -0.25) is 4.79 Å². The van der Waals surface area contributed by atoms with Gasteiger partial charge in [-0.1, -0.05) is 12.2 Å². The van der Waals surface area contributed by atoms with E-state index < -0.39 is 12.0 Å². The average molecular weight is 246 g/mol. The Bertz CT molecular complexity index is 151. The first-order valence-corrected chi connectivity index (χ1v) is 4.52. The molecular formula is C7H16ClNO2S2. The van der Waals surface area contributed by atoms with Gasteiger partial charge in [0.15, 0.2) is 0 Å². The SMILES string of the molecule is CC(C)=S.Cl.N[C@@H](CCS)C(=O)O. The second-order valence-corrected chi connectivity index (χ2v) is 3.63. The molecule has 0 aliphatic carbocycles. The van der Waals surface area contributed by atoms with Crippen LogP contribution in [0.25, 0.3) is 0 Å². The second kappa shape index (κ2) is 12.2. The Hall–Kier alpha value is 0.160. The zero-order chi connectivity index (χ0) is 10.1. The predicted octanol–water partition coefficient (Wildman–Crippen LogP) is 1.54. The van der Waals surface area contributed by atoms with Gasteiger partial charge in [-0.15, -0.1) is 12.4 Å². The van der Waals surface area contributed by atoms with Crippen molar-refractivity contribution in [3.63, 3.8) is 0 Å². The van der Waals surface area contributed by atoms with Gasteiger partial charge in [0.2, 0.25) is 0 Å². The second-order valence-electron chi connectivity index (χ2n) is 2.37. The molecule has 0 amide bonds. The zero-order valence-electron chi connectivity index (χ0n) is 7.69. The summed E-state index contributed by atoms with van der Waals surface area (Å²) in [5.74, 6) is -0.438. The van der Waals surface area contributed by atoms with E-state index in [1.165, 1.54) is 0 Å². The molecule has 1 atom stereocenters. The molecule has 0 radical (unpaired) electrons. The molecule has 3 nitrogen and oxygen atoms in total. The fourth-order valence-corrected chi connectivity index (χ4v) is 0.541. The molecule has 3 N–H and O–H groups in total. The van der Waals surface area contributed by atoms with Crippen LogP contribution >= 0.6 is 37.3 Å². The molecule has 0 heterocycles. The van der Waals surface area contributed by atoms with Crippen molar-refractivity contribution in [1.82, 2.24) is 0 Å². The summed E-state index contributed by atoms with van der Waals surface area (Å²) in [5, 5.41) is 8.15. The minimum atomic E-state index is -0.959. The highest BCUT2D eigenvalue weighted by Gasteiger charge is 2.08. The highest BCUT2D eigenvalue weighted by Crippen LogP contribution is 1.88. The smallest absolute Gasteiger partial charge is 0.320 e. The largest absolute Gasteiger partial charge is 0.480 e. The van der Waals surface area contributed by atoms with E-state index in [-0.39, 0.29) is 12.4 Å². The van der Waals surface area contributed by atoms with Crippen molar-refractivity contribution in [3.05, 3.63) is 0 Å². The van der Waals surface area contributed by atoms with Crippen LogP contribution in [0.15, 0.2) is 0 Å². The van der Waals surface area contributed by atoms with Gasteiger partial charge in [-0.05, 0) is 30.9 Å². The standard InChI is InChI=1S/C4H9NO2S.C3H6S.ClH/c5-3(1-2-8)4(6)7;1-3(2)4;/h3,8H,1-2,5H2,(H,6,7);1-2H3;1H/t3-;;/m0../s1. The first-order chi connectivity index (χ1) is 5.41. The van der Waals surface area contributed by atoms with Gasteiger partial charge in [0, 0.05) is 0 Å². The third-order valence-electron chi connectivity index (χ3n) is 0.757. The van der Waals surface area contributed by atoms with Crippen LogP contribution in [0.3, 0.4) is 0 Å². The number of carboxylic acids is 1. The summed E-state index contributed by atoms with van der Waals surface area (Å²) in [6.45, 7) is 3.80. The maximum Gasteiger partial charge on any atom is 0.320 e. The summed E-state index contributed by atoms with van der Waals surface area (Å²) in [5.41, 5.74) is 5.08. The molecule has 0 saturated heterocycles. The lowest BCUT2D eigenvalue weighted by Crippen LogP contribution is -2.30. The minimum Gasteiger partial charge on any atom is -0.480 e. The quantitative estimate of drug-likeness (QED) is 0.521. The van der Waals surface area contributed by atoms with Crippen molar-refractivity contribution < 1.29 is 9.90 Å². The lowest BCUT2D eigenvalue weighted by molar-refractivity contribution is -0.138. The minimum absolute atomic E-state index is 0. The predicted molar refractivity (Wildman–Crippen MR) is 65.3 cm³/mol. The van der Waals surface area contributed by atoms with Gasteiger partial charge in [-0.2, -0.15) is 12.6 Å². The third kappa shape index (κ3) is 24.5. The van der Waals surface area contributed by atoms with E-state index in [1.54, 1.807) is 0 Å². The molecule has 80 valence electrons. The molecule has 0 spiro atoms. The lowest BCUT2D eigenvalue weighted by atomic mass is 10.2. The fourth-order valence-electron chi connectivity index (χ4n) is 0.263. The van der Waals surface area contributed by atoms with Crippen molar-refractivity contribution >= 4 is 48.1 Å². The molecule has 13 heavy (non-hydrogen) atoms. The molecule has 0 unspecified atom stereocenters. The molecule has 6 heteroatoms. The maximum absolute atomic E-state index is 9.93. The van der Waals surface area contributed by atoms with Crippen LogP contribution in [-0.2, 0) is 4.79 Å². The van der Waals surface area contributed by atoms with E-state index in [1.807, 2.05) is 13.8 Å². The van der Waals surface area contributed by atoms with Gasteiger partial charge >= 0.3 is 5.97 Å². The Morgan fingerprint density at radius 2 is 1.92 bits per heavy atom. The van der Waals surface area contributed by atoms with Crippen LogP contribution in [0.2, 0.25) is 0 Å². The molecule has 0 aliphatic rings. The van der Waals surface area contributed by atoms with Crippen molar-refractivity contribution in [2.24, 2.45) is 5.73 Å². The lowest BCUT2D eigenvalue weighted by Gasteiger charge is -2.00. The topological polar surface area (TPSA) is 63.3 Å². The number of hydrogen-bond donors (Lipinski definition) is 3. The van der Waals surface area contributed by atoms with Gasteiger partial charge in [0.05, 0.1) is 0 Å². The molecule has 0 aromatic rings. The van der Waals surface area contributed by atoms with Crippen LogP contribution in [-0.4, -0.2) is 27.7 Å². The van der Waals surface area contributed by atoms with Crippen LogP contribution in [0, 0.1) is 0 Å². The number of nitrogens with two attached hydrogens (primary N) is 1. The Morgan fingerprint density at radius 1 is 1.62 bits per heavy atom. The van der Waals surface area contributed by atoms with E-state index in [0.29, 0.717) is 12.2 Å². The number of carboxylic acid groups (broad SMARTS) is 1. The van der Waals surface area contributed by atoms with Gasteiger partial charge in [0.1, 0.15) is 6.04 Å². The van der Waals surface area contributed by atoms with Crippen LogP contribution in [0.1, 0.15) is 20.3 Å². The number of aliphatic carboxylic acids is 1. The van der Waals surface area contributed by atoms with E-state index in [0.717, 1.165) is 4.86 Å². The van der Waals surface area contributed by atoms with Crippen molar-refractivity contribution in [2.75, 3.05) is 5.75 Å². The van der Waals surface area contributed by atoms with Crippen molar-refractivity contribution in [3.8, 4) is 0 Å². The summed E-state index contributed by atoms with van der Waals surface area (Å²) in [7, 11) is 0. The Morgan fingerprint density at radius 3 is 2.00 bits per heavy atom. The number of rotatable bonds is 3. The van der Waals surface area contributed by atoms with Crippen molar-refractivity contribution in [2.45, 2.75) is 26.3 Å². The number of halogens is 1. The Labute approximate surface area is 95.9 Å². The molecule has 0 aliphatic heterocycles. The normalized spacial score (nSPS) is 10.2. The monoisotopic (exact) mass is 245 g/mol. The Kier molecular flexibility index (Phi) is 17.6. The van der Waals surface area contributed by atoms with E-state index in [2.05, 4.69) is 24.8 Å². The van der Waals surface area contributed by atoms with Crippen LogP contribution in [0.5, 0.6) is 0 Å². The molecular weight excluding hydrogens is 230 g/mol. The first kappa shape index (κ1) is 18.9. The molecule has 0 aromatic heterocycles. The molecule has 0 fully saturated rings. The molecule has 0 saturated carbocycles. The number of thiol groups is 1. The third-order valence-corrected chi connectivity index (χ3v) is 1.02. The highest BCUT2D eigenvalue weighted by molar-refractivity contribution is 7.80. The maximum atomic E-state index is 9.93. The number of hydrogen-bond acceptors (Lipinski definition) is 4. The first-order valence-electron chi connectivity index (χ1n) is 3.48. The van der Waals surface area contributed by atoms with Crippen molar-refractivity contribution in [1.29, 1.82) is 0 Å². The van der Waals surface area contributed by atoms with Crippen LogP contribution < -0.4 is 5.73 Å². The summed E-state index contributed by atoms with van der Waals surface area (Å²) in [6.07, 6.45) is 0.429. The summed E-state index contributed by atoms with van der Waals surface area (Å²) >= 11 is 8.35. The molecule has 0 bridgehead atoms. The molecule has 0 rings (SSSR count). The number of carbonyl (C=O) groups is 1. The summed E-state index contributed by atoms with van der Waals surface area (Å²) in [4.78, 5) is 10.9. The van der Waals surface area contributed by atoms with E-state index in [4.69, 9.17) is 10.8 Å². The number of thiocarbonyl (C=S) groups is 1. The zero-order valence-corrected chi connectivity index (χ0v) is 10.2. The Balaban J connectivity index is -0.000000173. The van der Waals surface area contributed by atoms with Gasteiger partial charge < -0.3 is 10.8 Å². The average Bonchev–Trinajstić information content (AvgIpc) is 1.86. The summed E-state index contributed by atoms with van der Waals surface area (Å²) < 4.78 is 0. The van der Waals surface area contributed by atoms with E-state index >= 15 is 0 Å². The van der Waals surface area contributed by atoms with E-state index in [9.17, 15) is 4.79 Å². The van der Waals surface area contributed by atoms with Crippen LogP contribution in [0.4, 0.5) is 0 Å².